The molecule has 6 nitrogen and oxygen atoms in total. The van der Waals surface area contributed by atoms with E-state index in [4.69, 9.17) is 16.4 Å². The van der Waals surface area contributed by atoms with Crippen LogP contribution in [0.25, 0.3) is 0 Å². The van der Waals surface area contributed by atoms with Crippen LogP contribution in [-0.4, -0.2) is 35.2 Å². The smallest absolute Gasteiger partial charge is 0.255 e. The summed E-state index contributed by atoms with van der Waals surface area (Å²) in [6.45, 7) is 5.31. The van der Waals surface area contributed by atoms with Crippen molar-refractivity contribution >= 4 is 23.5 Å². The minimum Gasteiger partial charge on any atom is -0.354 e. The van der Waals surface area contributed by atoms with Crippen LogP contribution in [0.2, 0.25) is 5.28 Å². The molecule has 16 heavy (non-hydrogen) atoms. The Kier molecular flexibility index (Phi) is 5.21. The van der Waals surface area contributed by atoms with Gasteiger partial charge in [0.05, 0.1) is 6.61 Å². The van der Waals surface area contributed by atoms with Gasteiger partial charge in [-0.25, -0.2) is 5.06 Å². The summed E-state index contributed by atoms with van der Waals surface area (Å²) in [6.07, 6.45) is 0.920. The number of nitrogens with one attached hydrogen (secondary N) is 1. The third-order valence-electron chi connectivity index (χ3n) is 1.70. The third-order valence-corrected chi connectivity index (χ3v) is 1.87. The highest BCUT2D eigenvalue weighted by Crippen LogP contribution is 2.12. The molecule has 0 bridgehead atoms. The minimum atomic E-state index is 0.146. The van der Waals surface area contributed by atoms with E-state index in [1.54, 1.807) is 7.05 Å². The van der Waals surface area contributed by atoms with Crippen molar-refractivity contribution in [1.29, 1.82) is 0 Å². The standard InChI is InChI=1S/C9H16ClN5O/c1-4-6-16-15(3)9-13-7(10)12-8(14-9)11-5-2/h4-6H2,1-3H3,(H,11,12,13,14). The Balaban J connectivity index is 2.78. The lowest BCUT2D eigenvalue weighted by molar-refractivity contribution is 0.118. The molecule has 7 heteroatoms. The molecule has 1 heterocycles. The van der Waals surface area contributed by atoms with Gasteiger partial charge in [-0.05, 0) is 24.9 Å². The van der Waals surface area contributed by atoms with Gasteiger partial charge in [0.2, 0.25) is 11.2 Å². The van der Waals surface area contributed by atoms with E-state index in [1.807, 2.05) is 13.8 Å². The van der Waals surface area contributed by atoms with Crippen molar-refractivity contribution < 1.29 is 4.84 Å². The number of aromatic nitrogens is 3. The molecule has 1 rings (SSSR count). The summed E-state index contributed by atoms with van der Waals surface area (Å²) in [6, 6.07) is 0. The molecule has 0 unspecified atom stereocenters. The number of nitrogens with zero attached hydrogens (tertiary/aromatic N) is 4. The second-order valence-electron chi connectivity index (χ2n) is 3.09. The van der Waals surface area contributed by atoms with Gasteiger partial charge in [0.15, 0.2) is 0 Å². The molecule has 90 valence electrons. The summed E-state index contributed by atoms with van der Waals surface area (Å²) >= 11 is 5.78. The first-order valence-electron chi connectivity index (χ1n) is 5.19. The van der Waals surface area contributed by atoms with E-state index in [1.165, 1.54) is 5.06 Å². The molecule has 0 aliphatic carbocycles. The van der Waals surface area contributed by atoms with Crippen molar-refractivity contribution in [3.05, 3.63) is 5.28 Å². The molecule has 1 N–H and O–H groups in total. The lowest BCUT2D eigenvalue weighted by Gasteiger charge is -2.16. The summed E-state index contributed by atoms with van der Waals surface area (Å²) < 4.78 is 0. The summed E-state index contributed by atoms with van der Waals surface area (Å²) in [5, 5.41) is 4.60. The Bertz CT molecular complexity index is 336. The lowest BCUT2D eigenvalue weighted by Crippen LogP contribution is -2.21. The van der Waals surface area contributed by atoms with Crippen molar-refractivity contribution in [2.24, 2.45) is 0 Å². The highest BCUT2D eigenvalue weighted by atomic mass is 35.5. The van der Waals surface area contributed by atoms with Gasteiger partial charge in [0, 0.05) is 13.6 Å². The molecule has 0 spiro atoms. The predicted molar refractivity (Wildman–Crippen MR) is 63.6 cm³/mol. The van der Waals surface area contributed by atoms with Crippen LogP contribution in [0, 0.1) is 0 Å². The quantitative estimate of drug-likeness (QED) is 0.771. The van der Waals surface area contributed by atoms with Gasteiger partial charge in [-0.3, -0.25) is 4.84 Å². The minimum absolute atomic E-state index is 0.146. The van der Waals surface area contributed by atoms with E-state index in [9.17, 15) is 0 Å². The van der Waals surface area contributed by atoms with Crippen LogP contribution in [-0.2, 0) is 4.84 Å². The molecular formula is C9H16ClN5O. The molecule has 0 amide bonds. The first kappa shape index (κ1) is 12.9. The molecule has 0 saturated carbocycles. The molecular weight excluding hydrogens is 230 g/mol. The van der Waals surface area contributed by atoms with Gasteiger partial charge in [-0.2, -0.15) is 15.0 Å². The zero-order valence-electron chi connectivity index (χ0n) is 9.70. The summed E-state index contributed by atoms with van der Waals surface area (Å²) in [7, 11) is 1.73. The molecule has 1 aromatic heterocycles. The van der Waals surface area contributed by atoms with E-state index >= 15 is 0 Å². The second-order valence-corrected chi connectivity index (χ2v) is 3.43. The van der Waals surface area contributed by atoms with Gasteiger partial charge in [0.1, 0.15) is 0 Å². The predicted octanol–water partition coefficient (Wildman–Crippen LogP) is 1.73. The number of anilines is 2. The first-order valence-corrected chi connectivity index (χ1v) is 5.57. The van der Waals surface area contributed by atoms with Crippen LogP contribution >= 0.6 is 11.6 Å². The van der Waals surface area contributed by atoms with E-state index in [2.05, 4.69) is 20.3 Å². The molecule has 0 radical (unpaired) electrons. The molecule has 1 aromatic rings. The Labute approximate surface area is 100.0 Å². The monoisotopic (exact) mass is 245 g/mol. The van der Waals surface area contributed by atoms with Gasteiger partial charge >= 0.3 is 0 Å². The topological polar surface area (TPSA) is 63.2 Å². The highest BCUT2D eigenvalue weighted by molar-refractivity contribution is 6.28. The SMILES string of the molecule is CCCON(C)c1nc(Cl)nc(NCC)n1. The van der Waals surface area contributed by atoms with E-state index < -0.39 is 0 Å². The van der Waals surface area contributed by atoms with Crippen LogP contribution in [0.4, 0.5) is 11.9 Å². The van der Waals surface area contributed by atoms with Crippen LogP contribution in [0.3, 0.4) is 0 Å². The van der Waals surface area contributed by atoms with Gasteiger partial charge < -0.3 is 5.32 Å². The van der Waals surface area contributed by atoms with Crippen molar-refractivity contribution in [3.8, 4) is 0 Å². The summed E-state index contributed by atoms with van der Waals surface area (Å²) in [5.74, 6) is 0.842. The Morgan fingerprint density at radius 1 is 1.31 bits per heavy atom. The maximum atomic E-state index is 5.78. The zero-order valence-corrected chi connectivity index (χ0v) is 10.5. The van der Waals surface area contributed by atoms with Gasteiger partial charge in [-0.15, -0.1) is 0 Å². The van der Waals surface area contributed by atoms with Crippen LogP contribution < -0.4 is 10.4 Å². The largest absolute Gasteiger partial charge is 0.354 e. The number of hydrogen-bond acceptors (Lipinski definition) is 6. The Morgan fingerprint density at radius 3 is 2.69 bits per heavy atom. The molecule has 0 aliphatic heterocycles. The first-order chi connectivity index (χ1) is 7.67. The van der Waals surface area contributed by atoms with Crippen molar-refractivity contribution in [1.82, 2.24) is 15.0 Å². The summed E-state index contributed by atoms with van der Waals surface area (Å²) in [5.41, 5.74) is 0. The fourth-order valence-corrected chi connectivity index (χ4v) is 1.16. The Hall–Kier alpha value is -1.14. The number of hydroxylamine groups is 1. The molecule has 0 atom stereocenters. The van der Waals surface area contributed by atoms with E-state index in [0.29, 0.717) is 18.5 Å². The third kappa shape index (κ3) is 3.79. The van der Waals surface area contributed by atoms with E-state index in [0.717, 1.165) is 13.0 Å². The Morgan fingerprint density at radius 2 is 2.06 bits per heavy atom. The van der Waals surface area contributed by atoms with Crippen LogP contribution in [0.1, 0.15) is 20.3 Å². The molecule has 0 aromatic carbocycles. The van der Waals surface area contributed by atoms with E-state index in [-0.39, 0.29) is 5.28 Å². The maximum Gasteiger partial charge on any atom is 0.255 e. The second kappa shape index (κ2) is 6.44. The number of rotatable bonds is 6. The maximum absolute atomic E-state index is 5.78. The molecule has 0 aliphatic rings. The lowest BCUT2D eigenvalue weighted by atomic mass is 10.5. The average Bonchev–Trinajstić information content (AvgIpc) is 2.25. The fraction of sp³-hybridized carbons (Fsp3) is 0.667. The van der Waals surface area contributed by atoms with Crippen LogP contribution in [0.15, 0.2) is 0 Å². The van der Waals surface area contributed by atoms with Crippen molar-refractivity contribution in [2.45, 2.75) is 20.3 Å². The van der Waals surface area contributed by atoms with Gasteiger partial charge in [0.25, 0.3) is 5.95 Å². The van der Waals surface area contributed by atoms with Gasteiger partial charge in [-0.1, -0.05) is 6.92 Å². The zero-order chi connectivity index (χ0) is 12.0. The van der Waals surface area contributed by atoms with Crippen molar-refractivity contribution in [3.63, 3.8) is 0 Å². The summed E-state index contributed by atoms with van der Waals surface area (Å²) in [4.78, 5) is 17.4. The average molecular weight is 246 g/mol. The highest BCUT2D eigenvalue weighted by Gasteiger charge is 2.09. The number of halogens is 1. The molecule has 0 saturated heterocycles. The van der Waals surface area contributed by atoms with Crippen molar-refractivity contribution in [2.75, 3.05) is 30.6 Å². The fourth-order valence-electron chi connectivity index (χ4n) is 1.00. The van der Waals surface area contributed by atoms with Crippen LogP contribution in [0.5, 0.6) is 0 Å². The molecule has 0 fully saturated rings. The normalized spacial score (nSPS) is 10.2. The number of hydrogen-bond donors (Lipinski definition) is 1.